The molecule has 1 aromatic carbocycles. The lowest BCUT2D eigenvalue weighted by Crippen LogP contribution is -2.37. The highest BCUT2D eigenvalue weighted by Gasteiger charge is 2.20. The van der Waals surface area contributed by atoms with E-state index in [1.54, 1.807) is 0 Å². The van der Waals surface area contributed by atoms with Gasteiger partial charge in [-0.05, 0) is 43.6 Å². The predicted molar refractivity (Wildman–Crippen MR) is 90.6 cm³/mol. The molecule has 0 aliphatic carbocycles. The Labute approximate surface area is 143 Å². The summed E-state index contributed by atoms with van der Waals surface area (Å²) in [5.41, 5.74) is 1.08. The summed E-state index contributed by atoms with van der Waals surface area (Å²) >= 11 is 5.80. The summed E-state index contributed by atoms with van der Waals surface area (Å²) in [5, 5.41) is 6.95. The highest BCUT2D eigenvalue weighted by Crippen LogP contribution is 2.12. The Morgan fingerprint density at radius 1 is 1.15 bits per heavy atom. The maximum Gasteiger partial charge on any atom is 0.223 e. The zero-order valence-electron chi connectivity index (χ0n) is 10.9. The van der Waals surface area contributed by atoms with E-state index in [4.69, 9.17) is 11.6 Å². The van der Waals surface area contributed by atoms with E-state index in [9.17, 15) is 4.79 Å². The van der Waals surface area contributed by atoms with E-state index in [0.717, 1.165) is 36.5 Å². The van der Waals surface area contributed by atoms with Crippen LogP contribution in [-0.4, -0.2) is 19.0 Å². The molecule has 1 aliphatic rings. The molecule has 7 heteroatoms. The molecule has 3 nitrogen and oxygen atoms in total. The summed E-state index contributed by atoms with van der Waals surface area (Å²) in [6.45, 7) is 2.47. The van der Waals surface area contributed by atoms with E-state index in [1.807, 2.05) is 24.3 Å². The summed E-state index contributed by atoms with van der Waals surface area (Å²) in [5.74, 6) is 0.338. The van der Waals surface area contributed by atoms with Gasteiger partial charge in [0.25, 0.3) is 0 Å². The summed E-state index contributed by atoms with van der Waals surface area (Å²) in [6.07, 6.45) is 1.87. The Bertz CT molecular complexity index is 380. The van der Waals surface area contributed by atoms with Gasteiger partial charge < -0.3 is 10.6 Å². The summed E-state index contributed by atoms with van der Waals surface area (Å²) in [6, 6.07) is 7.55. The molecular formula is C13H20Cl4N2O. The lowest BCUT2D eigenvalue weighted by atomic mass is 9.97. The number of benzene rings is 1. The molecule has 1 aromatic rings. The van der Waals surface area contributed by atoms with E-state index in [1.165, 1.54) is 0 Å². The Balaban J connectivity index is 0. The van der Waals surface area contributed by atoms with Gasteiger partial charge in [-0.25, -0.2) is 0 Å². The quantitative estimate of drug-likeness (QED) is 0.867. The summed E-state index contributed by atoms with van der Waals surface area (Å²) in [7, 11) is 0. The Hall–Kier alpha value is -0.190. The van der Waals surface area contributed by atoms with Gasteiger partial charge in [-0.3, -0.25) is 4.79 Å². The van der Waals surface area contributed by atoms with Crippen molar-refractivity contribution >= 4 is 54.7 Å². The van der Waals surface area contributed by atoms with Gasteiger partial charge in [0.2, 0.25) is 5.91 Å². The molecule has 0 saturated carbocycles. The lowest BCUT2D eigenvalue weighted by Gasteiger charge is -2.21. The molecule has 1 fully saturated rings. The van der Waals surface area contributed by atoms with Crippen LogP contribution in [0.4, 0.5) is 0 Å². The standard InChI is InChI=1S/C13H17ClN2O.3ClH/c14-12-3-1-10(2-4-12)9-16-13(17)11-5-7-15-8-6-11;;;/h1-4,11,15H,5-9H2,(H,16,17);3*1H. The van der Waals surface area contributed by atoms with Crippen molar-refractivity contribution in [3.05, 3.63) is 34.9 Å². The monoisotopic (exact) mass is 360 g/mol. The van der Waals surface area contributed by atoms with Gasteiger partial charge >= 0.3 is 0 Å². The number of nitrogens with one attached hydrogen (secondary N) is 2. The first-order valence-electron chi connectivity index (χ1n) is 5.98. The number of amides is 1. The van der Waals surface area contributed by atoms with E-state index in [-0.39, 0.29) is 49.0 Å². The van der Waals surface area contributed by atoms with Crippen molar-refractivity contribution in [2.75, 3.05) is 13.1 Å². The van der Waals surface area contributed by atoms with Gasteiger partial charge in [-0.1, -0.05) is 23.7 Å². The molecule has 1 heterocycles. The number of carbonyl (C=O) groups is 1. The maximum absolute atomic E-state index is 11.9. The number of hydrogen-bond donors (Lipinski definition) is 2. The smallest absolute Gasteiger partial charge is 0.223 e. The van der Waals surface area contributed by atoms with Crippen LogP contribution in [-0.2, 0) is 11.3 Å². The average molecular weight is 362 g/mol. The van der Waals surface area contributed by atoms with Crippen molar-refractivity contribution < 1.29 is 4.79 Å². The number of piperidine rings is 1. The lowest BCUT2D eigenvalue weighted by molar-refractivity contribution is -0.125. The Kier molecular flexibility index (Phi) is 12.7. The molecule has 20 heavy (non-hydrogen) atoms. The minimum atomic E-state index is 0. The van der Waals surface area contributed by atoms with Crippen LogP contribution in [0.1, 0.15) is 18.4 Å². The van der Waals surface area contributed by atoms with Gasteiger partial charge in [0.05, 0.1) is 0 Å². The third-order valence-electron chi connectivity index (χ3n) is 3.09. The topological polar surface area (TPSA) is 41.1 Å². The van der Waals surface area contributed by atoms with Gasteiger partial charge in [-0.2, -0.15) is 0 Å². The average Bonchev–Trinajstić information content (AvgIpc) is 2.39. The third-order valence-corrected chi connectivity index (χ3v) is 3.34. The van der Waals surface area contributed by atoms with Crippen LogP contribution in [0.15, 0.2) is 24.3 Å². The zero-order valence-corrected chi connectivity index (χ0v) is 14.1. The molecule has 116 valence electrons. The van der Waals surface area contributed by atoms with Crippen molar-refractivity contribution in [2.24, 2.45) is 5.92 Å². The molecular weight excluding hydrogens is 342 g/mol. The molecule has 0 aromatic heterocycles. The fourth-order valence-corrected chi connectivity index (χ4v) is 2.15. The van der Waals surface area contributed by atoms with Crippen molar-refractivity contribution in [3.63, 3.8) is 0 Å². The molecule has 0 radical (unpaired) electrons. The van der Waals surface area contributed by atoms with Gasteiger partial charge in [-0.15, -0.1) is 37.2 Å². The van der Waals surface area contributed by atoms with E-state index in [2.05, 4.69) is 10.6 Å². The first-order chi connectivity index (χ1) is 8.25. The number of carbonyl (C=O) groups excluding carboxylic acids is 1. The first-order valence-corrected chi connectivity index (χ1v) is 6.36. The molecule has 0 spiro atoms. The van der Waals surface area contributed by atoms with Gasteiger partial charge in [0.15, 0.2) is 0 Å². The Morgan fingerprint density at radius 2 is 1.70 bits per heavy atom. The highest BCUT2D eigenvalue weighted by atomic mass is 35.5. The van der Waals surface area contributed by atoms with Crippen LogP contribution in [0.3, 0.4) is 0 Å². The highest BCUT2D eigenvalue weighted by molar-refractivity contribution is 6.30. The number of hydrogen-bond acceptors (Lipinski definition) is 2. The molecule has 0 atom stereocenters. The molecule has 1 aliphatic heterocycles. The second kappa shape index (κ2) is 11.5. The minimum Gasteiger partial charge on any atom is -0.352 e. The number of halogens is 4. The van der Waals surface area contributed by atoms with Crippen LogP contribution in [0.2, 0.25) is 5.02 Å². The van der Waals surface area contributed by atoms with Crippen LogP contribution < -0.4 is 10.6 Å². The molecule has 2 rings (SSSR count). The van der Waals surface area contributed by atoms with Crippen LogP contribution in [0, 0.1) is 5.92 Å². The van der Waals surface area contributed by atoms with Crippen molar-refractivity contribution in [1.82, 2.24) is 10.6 Å². The number of rotatable bonds is 3. The SMILES string of the molecule is Cl.Cl.Cl.O=C(NCc1ccc(Cl)cc1)C1CCNCC1. The molecule has 1 saturated heterocycles. The molecule has 0 bridgehead atoms. The van der Waals surface area contributed by atoms with E-state index in [0.29, 0.717) is 6.54 Å². The van der Waals surface area contributed by atoms with Crippen molar-refractivity contribution in [3.8, 4) is 0 Å². The van der Waals surface area contributed by atoms with Crippen LogP contribution in [0.5, 0.6) is 0 Å². The molecule has 2 N–H and O–H groups in total. The third kappa shape index (κ3) is 7.00. The normalized spacial score (nSPS) is 14.2. The van der Waals surface area contributed by atoms with Gasteiger partial charge in [0, 0.05) is 17.5 Å². The first kappa shape index (κ1) is 22.1. The Morgan fingerprint density at radius 3 is 2.25 bits per heavy atom. The summed E-state index contributed by atoms with van der Waals surface area (Å²) in [4.78, 5) is 11.9. The second-order valence-corrected chi connectivity index (χ2v) is 4.80. The zero-order chi connectivity index (χ0) is 12.1. The van der Waals surface area contributed by atoms with Gasteiger partial charge in [0.1, 0.15) is 0 Å². The van der Waals surface area contributed by atoms with Crippen LogP contribution in [0.25, 0.3) is 0 Å². The predicted octanol–water partition coefficient (Wildman–Crippen LogP) is 3.22. The minimum absolute atomic E-state index is 0. The van der Waals surface area contributed by atoms with Crippen molar-refractivity contribution in [2.45, 2.75) is 19.4 Å². The molecule has 0 unspecified atom stereocenters. The second-order valence-electron chi connectivity index (χ2n) is 4.37. The summed E-state index contributed by atoms with van der Waals surface area (Å²) < 4.78 is 0. The van der Waals surface area contributed by atoms with Crippen LogP contribution >= 0.6 is 48.8 Å². The fourth-order valence-electron chi connectivity index (χ4n) is 2.02. The van der Waals surface area contributed by atoms with E-state index >= 15 is 0 Å². The maximum atomic E-state index is 11.9. The van der Waals surface area contributed by atoms with Crippen molar-refractivity contribution in [1.29, 1.82) is 0 Å². The largest absolute Gasteiger partial charge is 0.352 e. The van der Waals surface area contributed by atoms with E-state index < -0.39 is 0 Å². The fraction of sp³-hybridized carbons (Fsp3) is 0.462. The molecule has 1 amide bonds.